The Morgan fingerprint density at radius 1 is 1.33 bits per heavy atom. The van der Waals surface area contributed by atoms with Crippen molar-refractivity contribution in [3.8, 4) is 5.75 Å². The summed E-state index contributed by atoms with van der Waals surface area (Å²) in [5.74, 6) is -0.430. The molecule has 0 bridgehead atoms. The first-order chi connectivity index (χ1) is 8.25. The fourth-order valence-electron chi connectivity index (χ4n) is 1.30. The van der Waals surface area contributed by atoms with Gasteiger partial charge in [-0.05, 0) is 32.0 Å². The molecule has 0 fully saturated rings. The van der Waals surface area contributed by atoms with Crippen molar-refractivity contribution in [3.05, 3.63) is 23.8 Å². The highest BCUT2D eigenvalue weighted by Gasteiger charge is 2.19. The number of benzene rings is 1. The van der Waals surface area contributed by atoms with Crippen LogP contribution in [0.3, 0.4) is 0 Å². The van der Waals surface area contributed by atoms with Gasteiger partial charge >= 0.3 is 5.97 Å². The summed E-state index contributed by atoms with van der Waals surface area (Å²) in [5.41, 5.74) is 0.0257. The van der Waals surface area contributed by atoms with Crippen molar-refractivity contribution in [2.45, 2.75) is 24.8 Å². The molecule has 0 amide bonds. The zero-order chi connectivity index (χ0) is 13.9. The Morgan fingerprint density at radius 2 is 1.94 bits per heavy atom. The number of methoxy groups -OCH3 is 1. The standard InChI is InChI=1S/C11H15NO5S/c1-7(2)17-11(13)9-6-8(18(12,14)15)4-5-10(9)16-3/h4-7H,1-3H3,(H2,12,14,15). The molecular weight excluding hydrogens is 258 g/mol. The van der Waals surface area contributed by atoms with E-state index in [-0.39, 0.29) is 22.3 Å². The highest BCUT2D eigenvalue weighted by atomic mass is 32.2. The van der Waals surface area contributed by atoms with Gasteiger partial charge in [-0.25, -0.2) is 18.4 Å². The van der Waals surface area contributed by atoms with E-state index in [9.17, 15) is 13.2 Å². The van der Waals surface area contributed by atoms with E-state index >= 15 is 0 Å². The molecule has 0 spiro atoms. The van der Waals surface area contributed by atoms with E-state index in [4.69, 9.17) is 14.6 Å². The summed E-state index contributed by atoms with van der Waals surface area (Å²) in [7, 11) is -2.50. The largest absolute Gasteiger partial charge is 0.496 e. The van der Waals surface area contributed by atoms with Gasteiger partial charge in [-0.1, -0.05) is 0 Å². The van der Waals surface area contributed by atoms with Crippen LogP contribution in [0.15, 0.2) is 23.1 Å². The SMILES string of the molecule is COc1ccc(S(N)(=O)=O)cc1C(=O)OC(C)C. The molecule has 0 aliphatic heterocycles. The second kappa shape index (κ2) is 5.36. The second-order valence-electron chi connectivity index (χ2n) is 3.86. The summed E-state index contributed by atoms with van der Waals surface area (Å²) in [6.07, 6.45) is -0.319. The van der Waals surface area contributed by atoms with E-state index in [1.54, 1.807) is 13.8 Å². The van der Waals surface area contributed by atoms with Crippen LogP contribution >= 0.6 is 0 Å². The van der Waals surface area contributed by atoms with Gasteiger partial charge < -0.3 is 9.47 Å². The molecule has 0 saturated carbocycles. The lowest BCUT2D eigenvalue weighted by molar-refractivity contribution is 0.0374. The first-order valence-electron chi connectivity index (χ1n) is 5.17. The monoisotopic (exact) mass is 273 g/mol. The maximum Gasteiger partial charge on any atom is 0.342 e. The van der Waals surface area contributed by atoms with Gasteiger partial charge in [0.05, 0.1) is 18.1 Å². The molecule has 0 saturated heterocycles. The van der Waals surface area contributed by atoms with Crippen LogP contribution in [0, 0.1) is 0 Å². The summed E-state index contributed by atoms with van der Waals surface area (Å²) in [5, 5.41) is 5.00. The number of primary sulfonamides is 1. The molecule has 0 unspecified atom stereocenters. The maximum atomic E-state index is 11.8. The molecule has 0 aromatic heterocycles. The van der Waals surface area contributed by atoms with Gasteiger partial charge in [-0.15, -0.1) is 0 Å². The van der Waals surface area contributed by atoms with Gasteiger partial charge in [0.1, 0.15) is 11.3 Å². The van der Waals surface area contributed by atoms with E-state index < -0.39 is 16.0 Å². The molecule has 6 nitrogen and oxygen atoms in total. The molecule has 0 aliphatic rings. The second-order valence-corrected chi connectivity index (χ2v) is 5.42. The van der Waals surface area contributed by atoms with Crippen LogP contribution in [-0.4, -0.2) is 27.6 Å². The highest BCUT2D eigenvalue weighted by molar-refractivity contribution is 7.89. The van der Waals surface area contributed by atoms with Crippen LogP contribution < -0.4 is 9.88 Å². The van der Waals surface area contributed by atoms with Crippen molar-refractivity contribution >= 4 is 16.0 Å². The fourth-order valence-corrected chi connectivity index (χ4v) is 1.84. The van der Waals surface area contributed by atoms with E-state index in [1.165, 1.54) is 19.2 Å². The minimum Gasteiger partial charge on any atom is -0.496 e. The Bertz CT molecular complexity index is 551. The Kier molecular flexibility index (Phi) is 4.31. The normalized spacial score (nSPS) is 11.4. The average Bonchev–Trinajstić information content (AvgIpc) is 2.26. The van der Waals surface area contributed by atoms with Crippen LogP contribution in [0.2, 0.25) is 0 Å². The Hall–Kier alpha value is -1.60. The molecule has 1 aromatic carbocycles. The Balaban J connectivity index is 3.27. The molecule has 1 aromatic rings. The van der Waals surface area contributed by atoms with Crippen molar-refractivity contribution in [1.82, 2.24) is 0 Å². The van der Waals surface area contributed by atoms with Crippen LogP contribution in [-0.2, 0) is 14.8 Å². The predicted octanol–water partition coefficient (Wildman–Crippen LogP) is 0.908. The third-order valence-electron chi connectivity index (χ3n) is 2.06. The third-order valence-corrected chi connectivity index (χ3v) is 2.97. The number of hydrogen-bond donors (Lipinski definition) is 1. The first-order valence-corrected chi connectivity index (χ1v) is 6.72. The van der Waals surface area contributed by atoms with E-state index in [0.717, 1.165) is 6.07 Å². The minimum absolute atomic E-state index is 0.0257. The lowest BCUT2D eigenvalue weighted by Gasteiger charge is -2.11. The van der Waals surface area contributed by atoms with Gasteiger partial charge in [0.2, 0.25) is 10.0 Å². The smallest absolute Gasteiger partial charge is 0.342 e. The zero-order valence-corrected chi connectivity index (χ0v) is 11.2. The van der Waals surface area contributed by atoms with Crippen LogP contribution in [0.1, 0.15) is 24.2 Å². The number of ether oxygens (including phenoxy) is 2. The lowest BCUT2D eigenvalue weighted by Crippen LogP contribution is -2.16. The number of carbonyl (C=O) groups is 1. The van der Waals surface area contributed by atoms with Crippen molar-refractivity contribution in [2.24, 2.45) is 5.14 Å². The number of nitrogens with two attached hydrogens (primary N) is 1. The topological polar surface area (TPSA) is 95.7 Å². The highest BCUT2D eigenvalue weighted by Crippen LogP contribution is 2.23. The number of rotatable bonds is 4. The summed E-state index contributed by atoms with van der Waals surface area (Å²) >= 11 is 0. The number of hydrogen-bond acceptors (Lipinski definition) is 5. The quantitative estimate of drug-likeness (QED) is 0.822. The summed E-state index contributed by atoms with van der Waals surface area (Å²) in [6, 6.07) is 3.76. The molecule has 7 heteroatoms. The first kappa shape index (κ1) is 14.5. The lowest BCUT2D eigenvalue weighted by atomic mass is 10.2. The van der Waals surface area contributed by atoms with Crippen LogP contribution in [0.4, 0.5) is 0 Å². The molecule has 100 valence electrons. The molecule has 0 radical (unpaired) electrons. The zero-order valence-electron chi connectivity index (χ0n) is 10.3. The van der Waals surface area contributed by atoms with Crippen molar-refractivity contribution < 1.29 is 22.7 Å². The van der Waals surface area contributed by atoms with Gasteiger partial charge in [0.25, 0.3) is 0 Å². The molecule has 1 rings (SSSR count). The third kappa shape index (κ3) is 3.44. The fraction of sp³-hybridized carbons (Fsp3) is 0.364. The van der Waals surface area contributed by atoms with Crippen molar-refractivity contribution in [1.29, 1.82) is 0 Å². The molecule has 0 aliphatic carbocycles. The van der Waals surface area contributed by atoms with Crippen LogP contribution in [0.5, 0.6) is 5.75 Å². The van der Waals surface area contributed by atoms with Gasteiger partial charge in [0.15, 0.2) is 0 Å². The Morgan fingerprint density at radius 3 is 2.39 bits per heavy atom. The van der Waals surface area contributed by atoms with E-state index in [2.05, 4.69) is 0 Å². The number of esters is 1. The maximum absolute atomic E-state index is 11.8. The molecule has 18 heavy (non-hydrogen) atoms. The van der Waals surface area contributed by atoms with Crippen molar-refractivity contribution in [2.75, 3.05) is 7.11 Å². The number of sulfonamides is 1. The van der Waals surface area contributed by atoms with Gasteiger partial charge in [-0.3, -0.25) is 0 Å². The Labute approximate surface area is 106 Å². The molecule has 0 atom stereocenters. The minimum atomic E-state index is -3.88. The van der Waals surface area contributed by atoms with Crippen LogP contribution in [0.25, 0.3) is 0 Å². The van der Waals surface area contributed by atoms with Gasteiger partial charge in [0, 0.05) is 0 Å². The molecule has 2 N–H and O–H groups in total. The van der Waals surface area contributed by atoms with Crippen molar-refractivity contribution in [3.63, 3.8) is 0 Å². The van der Waals surface area contributed by atoms with E-state index in [0.29, 0.717) is 0 Å². The number of carbonyl (C=O) groups excluding carboxylic acids is 1. The van der Waals surface area contributed by atoms with Gasteiger partial charge in [-0.2, -0.15) is 0 Å². The summed E-state index contributed by atoms with van der Waals surface area (Å²) in [6.45, 7) is 3.38. The summed E-state index contributed by atoms with van der Waals surface area (Å²) in [4.78, 5) is 11.6. The predicted molar refractivity (Wildman–Crippen MR) is 64.9 cm³/mol. The summed E-state index contributed by atoms with van der Waals surface area (Å²) < 4.78 is 32.4. The molecular formula is C11H15NO5S. The van der Waals surface area contributed by atoms with E-state index in [1.807, 2.05) is 0 Å². The average molecular weight is 273 g/mol. The molecule has 0 heterocycles.